The van der Waals surface area contributed by atoms with Crippen LogP contribution in [0.5, 0.6) is 0 Å². The summed E-state index contributed by atoms with van der Waals surface area (Å²) in [6.07, 6.45) is -1.21. The average molecular weight is 211 g/mol. The second kappa shape index (κ2) is 4.49. The summed E-state index contributed by atoms with van der Waals surface area (Å²) in [4.78, 5) is 0. The Morgan fingerprint density at radius 1 is 1.36 bits per heavy atom. The highest BCUT2D eigenvalue weighted by Gasteiger charge is 2.42. The van der Waals surface area contributed by atoms with Crippen LogP contribution in [0.15, 0.2) is 0 Å². The molecule has 0 aromatic heterocycles. The van der Waals surface area contributed by atoms with Crippen molar-refractivity contribution in [1.82, 2.24) is 5.32 Å². The van der Waals surface area contributed by atoms with Crippen LogP contribution < -0.4 is 5.32 Å². The number of methoxy groups -OCH3 is 1. The van der Waals surface area contributed by atoms with Gasteiger partial charge in [0.2, 0.25) is 0 Å². The molecule has 1 saturated carbocycles. The van der Waals surface area contributed by atoms with E-state index in [2.05, 4.69) is 5.32 Å². The summed E-state index contributed by atoms with van der Waals surface area (Å²) >= 11 is 0. The van der Waals surface area contributed by atoms with Crippen molar-refractivity contribution in [2.24, 2.45) is 5.41 Å². The standard InChI is InChI=1S/C9H16F3NO/c1-14-5-4-8(2-3-8)6-13-7-9(10,11)12/h13H,2-7H2,1H3. The van der Waals surface area contributed by atoms with Gasteiger partial charge in [-0.3, -0.25) is 0 Å². The average Bonchev–Trinajstić information content (AvgIpc) is 2.80. The van der Waals surface area contributed by atoms with Crippen molar-refractivity contribution < 1.29 is 17.9 Å². The third-order valence-electron chi connectivity index (χ3n) is 2.62. The molecule has 0 spiro atoms. The maximum atomic E-state index is 11.8. The predicted molar refractivity (Wildman–Crippen MR) is 47.1 cm³/mol. The van der Waals surface area contributed by atoms with Crippen LogP contribution >= 0.6 is 0 Å². The Bertz CT molecular complexity index is 177. The molecule has 1 rings (SSSR count). The smallest absolute Gasteiger partial charge is 0.385 e. The molecule has 84 valence electrons. The SMILES string of the molecule is COCCC1(CNCC(F)(F)F)CC1. The molecule has 0 radical (unpaired) electrons. The molecule has 0 aromatic rings. The number of hydrogen-bond donors (Lipinski definition) is 1. The molecule has 2 nitrogen and oxygen atoms in total. The zero-order valence-corrected chi connectivity index (χ0v) is 8.28. The van der Waals surface area contributed by atoms with E-state index in [-0.39, 0.29) is 5.41 Å². The normalized spacial score (nSPS) is 19.7. The third kappa shape index (κ3) is 4.28. The zero-order chi connectivity index (χ0) is 10.7. The van der Waals surface area contributed by atoms with Crippen LogP contribution in [0.1, 0.15) is 19.3 Å². The molecule has 1 fully saturated rings. The van der Waals surface area contributed by atoms with Gasteiger partial charge in [0.1, 0.15) is 0 Å². The molecule has 0 bridgehead atoms. The highest BCUT2D eigenvalue weighted by Crippen LogP contribution is 2.48. The Morgan fingerprint density at radius 2 is 2.00 bits per heavy atom. The molecule has 0 atom stereocenters. The Balaban J connectivity index is 2.11. The lowest BCUT2D eigenvalue weighted by Gasteiger charge is -2.16. The molecule has 0 heterocycles. The fourth-order valence-corrected chi connectivity index (χ4v) is 1.48. The molecule has 1 N–H and O–H groups in total. The minimum atomic E-state index is -4.10. The topological polar surface area (TPSA) is 21.3 Å². The van der Waals surface area contributed by atoms with E-state index in [1.165, 1.54) is 0 Å². The molecule has 0 aromatic carbocycles. The molecule has 5 heteroatoms. The molecular formula is C9H16F3NO. The van der Waals surface area contributed by atoms with E-state index in [1.807, 2.05) is 0 Å². The summed E-state index contributed by atoms with van der Waals surface area (Å²) in [5.41, 5.74) is 0.0846. The van der Waals surface area contributed by atoms with Crippen LogP contribution in [-0.4, -0.2) is 33.0 Å². The summed E-state index contributed by atoms with van der Waals surface area (Å²) in [6.45, 7) is 0.200. The van der Waals surface area contributed by atoms with Gasteiger partial charge in [-0.1, -0.05) is 0 Å². The fourth-order valence-electron chi connectivity index (χ4n) is 1.48. The van der Waals surface area contributed by atoms with Crippen molar-refractivity contribution in [2.75, 3.05) is 26.8 Å². The maximum absolute atomic E-state index is 11.8. The summed E-state index contributed by atoms with van der Waals surface area (Å²) in [6, 6.07) is 0. The first-order valence-electron chi connectivity index (χ1n) is 4.74. The van der Waals surface area contributed by atoms with E-state index in [4.69, 9.17) is 4.74 Å². The fraction of sp³-hybridized carbons (Fsp3) is 1.00. The zero-order valence-electron chi connectivity index (χ0n) is 8.28. The summed E-state index contributed by atoms with van der Waals surface area (Å²) in [5, 5.41) is 2.46. The molecule has 0 aliphatic heterocycles. The second-order valence-corrected chi connectivity index (χ2v) is 3.96. The molecule has 0 unspecified atom stereocenters. The van der Waals surface area contributed by atoms with Crippen molar-refractivity contribution >= 4 is 0 Å². The molecule has 0 amide bonds. The van der Waals surface area contributed by atoms with Crippen molar-refractivity contribution in [3.05, 3.63) is 0 Å². The van der Waals surface area contributed by atoms with Crippen LogP contribution in [0.3, 0.4) is 0 Å². The van der Waals surface area contributed by atoms with Gasteiger partial charge in [0, 0.05) is 20.3 Å². The molecule has 0 saturated heterocycles. The van der Waals surface area contributed by atoms with Gasteiger partial charge >= 0.3 is 6.18 Å². The van der Waals surface area contributed by atoms with Gasteiger partial charge in [-0.25, -0.2) is 0 Å². The van der Waals surface area contributed by atoms with Crippen LogP contribution in [0.25, 0.3) is 0 Å². The van der Waals surface area contributed by atoms with Gasteiger partial charge in [-0.05, 0) is 24.7 Å². The summed E-state index contributed by atoms with van der Waals surface area (Å²) < 4.78 is 40.4. The first-order valence-corrected chi connectivity index (χ1v) is 4.74. The van der Waals surface area contributed by atoms with Crippen LogP contribution in [-0.2, 0) is 4.74 Å². The third-order valence-corrected chi connectivity index (χ3v) is 2.62. The first kappa shape index (κ1) is 11.8. The van der Waals surface area contributed by atoms with Gasteiger partial charge in [0.15, 0.2) is 0 Å². The largest absolute Gasteiger partial charge is 0.401 e. The van der Waals surface area contributed by atoms with E-state index in [0.717, 1.165) is 19.3 Å². The van der Waals surface area contributed by atoms with Crippen LogP contribution in [0.2, 0.25) is 0 Å². The van der Waals surface area contributed by atoms with Crippen molar-refractivity contribution in [3.63, 3.8) is 0 Å². The lowest BCUT2D eigenvalue weighted by Crippen LogP contribution is -2.33. The Hall–Kier alpha value is -0.290. The van der Waals surface area contributed by atoms with Gasteiger partial charge < -0.3 is 10.1 Å². The lowest BCUT2D eigenvalue weighted by atomic mass is 10.0. The first-order chi connectivity index (χ1) is 6.47. The van der Waals surface area contributed by atoms with Gasteiger partial charge in [-0.15, -0.1) is 0 Å². The number of hydrogen-bond acceptors (Lipinski definition) is 2. The number of alkyl halides is 3. The number of halogens is 3. The number of nitrogens with one attached hydrogen (secondary N) is 1. The van der Waals surface area contributed by atoms with Crippen molar-refractivity contribution in [3.8, 4) is 0 Å². The van der Waals surface area contributed by atoms with Crippen LogP contribution in [0.4, 0.5) is 13.2 Å². The highest BCUT2D eigenvalue weighted by atomic mass is 19.4. The van der Waals surface area contributed by atoms with Gasteiger partial charge in [0.05, 0.1) is 6.54 Å². The van der Waals surface area contributed by atoms with Crippen molar-refractivity contribution in [1.29, 1.82) is 0 Å². The molecule has 1 aliphatic rings. The van der Waals surface area contributed by atoms with E-state index in [0.29, 0.717) is 13.2 Å². The maximum Gasteiger partial charge on any atom is 0.401 e. The van der Waals surface area contributed by atoms with Gasteiger partial charge in [0.25, 0.3) is 0 Å². The summed E-state index contributed by atoms with van der Waals surface area (Å²) in [5.74, 6) is 0. The van der Waals surface area contributed by atoms with Crippen LogP contribution in [0, 0.1) is 5.41 Å². The van der Waals surface area contributed by atoms with E-state index < -0.39 is 12.7 Å². The van der Waals surface area contributed by atoms with E-state index >= 15 is 0 Å². The monoisotopic (exact) mass is 211 g/mol. The predicted octanol–water partition coefficient (Wildman–Crippen LogP) is 1.95. The summed E-state index contributed by atoms with van der Waals surface area (Å²) in [7, 11) is 1.61. The van der Waals surface area contributed by atoms with E-state index in [9.17, 15) is 13.2 Å². The second-order valence-electron chi connectivity index (χ2n) is 3.96. The number of rotatable bonds is 6. The van der Waals surface area contributed by atoms with Crippen molar-refractivity contribution in [2.45, 2.75) is 25.4 Å². The molecule has 14 heavy (non-hydrogen) atoms. The Labute approximate surface area is 81.8 Å². The quantitative estimate of drug-likeness (QED) is 0.725. The number of ether oxygens (including phenoxy) is 1. The minimum absolute atomic E-state index is 0.0846. The Kier molecular flexibility index (Phi) is 3.78. The van der Waals surface area contributed by atoms with E-state index in [1.54, 1.807) is 7.11 Å². The molecular weight excluding hydrogens is 195 g/mol. The molecule has 1 aliphatic carbocycles. The lowest BCUT2D eigenvalue weighted by molar-refractivity contribution is -0.125. The highest BCUT2D eigenvalue weighted by molar-refractivity contribution is 4.94. The van der Waals surface area contributed by atoms with Gasteiger partial charge in [-0.2, -0.15) is 13.2 Å². The Morgan fingerprint density at radius 3 is 2.43 bits per heavy atom. The minimum Gasteiger partial charge on any atom is -0.385 e.